The normalized spacial score (nSPS) is 17.1. The van der Waals surface area contributed by atoms with Gasteiger partial charge in [0.25, 0.3) is 5.91 Å². The molecule has 2 rings (SSSR count). The first-order chi connectivity index (χ1) is 19.1. The fraction of sp³-hybridized carbons (Fsp3) is 0.538. The summed E-state index contributed by atoms with van der Waals surface area (Å²) in [7, 11) is 0. The number of alkyl carbamates (subject to hydrolysis) is 2. The van der Waals surface area contributed by atoms with E-state index in [1.807, 2.05) is 0 Å². The molecule has 1 aliphatic rings. The molecule has 0 aliphatic carbocycles. The zero-order valence-corrected chi connectivity index (χ0v) is 22.9. The highest BCUT2D eigenvalue weighted by molar-refractivity contribution is 5.96. The third-order valence-corrected chi connectivity index (χ3v) is 5.91. The van der Waals surface area contributed by atoms with Gasteiger partial charge in [-0.1, -0.05) is 18.2 Å². The summed E-state index contributed by atoms with van der Waals surface area (Å²) >= 11 is 0. The van der Waals surface area contributed by atoms with Crippen LogP contribution in [0.3, 0.4) is 0 Å². The molecule has 1 aliphatic heterocycles. The van der Waals surface area contributed by atoms with E-state index in [9.17, 15) is 24.0 Å². The Bertz CT molecular complexity index is 1040. The molecule has 40 heavy (non-hydrogen) atoms. The summed E-state index contributed by atoms with van der Waals surface area (Å²) in [5.41, 5.74) is 0.404. The average Bonchev–Trinajstić information content (AvgIpc) is 2.92. The molecule has 14 heteroatoms. The van der Waals surface area contributed by atoms with Crippen LogP contribution in [0.4, 0.5) is 9.59 Å². The molecule has 4 amide bonds. The molecule has 14 nitrogen and oxygen atoms in total. The number of ether oxygens (including phenoxy) is 2. The number of likely N-dealkylation sites (tertiary alicyclic amines) is 1. The van der Waals surface area contributed by atoms with Gasteiger partial charge >= 0.3 is 18.2 Å². The Labute approximate surface area is 232 Å². The van der Waals surface area contributed by atoms with Crippen LogP contribution >= 0.6 is 0 Å². The SMILES string of the molecule is CCOC(=O)NCC(CCC(=O)N1CCC(OOC(C)=O)CC1NC(=O)c1ccccc1)C(=N)NC(=O)OCC. The van der Waals surface area contributed by atoms with Gasteiger partial charge in [-0.15, -0.1) is 0 Å². The Morgan fingerprint density at radius 3 is 2.38 bits per heavy atom. The summed E-state index contributed by atoms with van der Waals surface area (Å²) in [6.07, 6.45) is -2.26. The summed E-state index contributed by atoms with van der Waals surface area (Å²) in [4.78, 5) is 72.3. The van der Waals surface area contributed by atoms with Crippen LogP contribution in [-0.2, 0) is 28.8 Å². The highest BCUT2D eigenvalue weighted by Gasteiger charge is 2.34. The molecule has 0 aromatic heterocycles. The van der Waals surface area contributed by atoms with Crippen molar-refractivity contribution in [2.75, 3.05) is 26.3 Å². The topological polar surface area (TPSA) is 185 Å². The molecule has 0 saturated carbocycles. The van der Waals surface area contributed by atoms with Crippen molar-refractivity contribution in [3.63, 3.8) is 0 Å². The number of rotatable bonds is 12. The number of benzene rings is 1. The van der Waals surface area contributed by atoms with Gasteiger partial charge in [0.2, 0.25) is 5.91 Å². The number of piperidine rings is 1. The lowest BCUT2D eigenvalue weighted by molar-refractivity contribution is -0.303. The van der Waals surface area contributed by atoms with Crippen LogP contribution < -0.4 is 16.0 Å². The highest BCUT2D eigenvalue weighted by atomic mass is 17.2. The Hall–Kier alpha value is -4.20. The van der Waals surface area contributed by atoms with Crippen molar-refractivity contribution in [1.82, 2.24) is 20.9 Å². The van der Waals surface area contributed by atoms with Gasteiger partial charge in [-0.3, -0.25) is 25.2 Å². The van der Waals surface area contributed by atoms with Gasteiger partial charge in [0.1, 0.15) is 18.1 Å². The van der Waals surface area contributed by atoms with Gasteiger partial charge in [0.15, 0.2) is 0 Å². The Balaban J connectivity index is 2.11. The maximum atomic E-state index is 13.3. The first-order valence-electron chi connectivity index (χ1n) is 13.1. The largest absolute Gasteiger partial charge is 0.450 e. The van der Waals surface area contributed by atoms with E-state index in [0.717, 1.165) is 0 Å². The van der Waals surface area contributed by atoms with Crippen LogP contribution in [0.1, 0.15) is 56.8 Å². The van der Waals surface area contributed by atoms with Crippen molar-refractivity contribution in [3.05, 3.63) is 35.9 Å². The van der Waals surface area contributed by atoms with Crippen molar-refractivity contribution >= 4 is 35.8 Å². The molecule has 0 bridgehead atoms. The lowest BCUT2D eigenvalue weighted by atomic mass is 9.99. The number of carbonyl (C=O) groups excluding carboxylic acids is 5. The molecule has 1 saturated heterocycles. The first-order valence-corrected chi connectivity index (χ1v) is 13.1. The van der Waals surface area contributed by atoms with Gasteiger partial charge in [0.05, 0.1) is 13.2 Å². The predicted octanol–water partition coefficient (Wildman–Crippen LogP) is 2.09. The first kappa shape index (κ1) is 32.0. The number of hydrogen-bond donors (Lipinski definition) is 4. The average molecular weight is 564 g/mol. The van der Waals surface area contributed by atoms with E-state index in [-0.39, 0.29) is 57.3 Å². The van der Waals surface area contributed by atoms with E-state index in [0.29, 0.717) is 12.0 Å². The van der Waals surface area contributed by atoms with Gasteiger partial charge in [0, 0.05) is 44.3 Å². The maximum Gasteiger partial charge on any atom is 0.412 e. The molecule has 3 unspecified atom stereocenters. The number of nitrogens with one attached hydrogen (secondary N) is 4. The smallest absolute Gasteiger partial charge is 0.412 e. The van der Waals surface area contributed by atoms with Gasteiger partial charge in [-0.25, -0.2) is 14.4 Å². The third kappa shape index (κ3) is 10.9. The summed E-state index contributed by atoms with van der Waals surface area (Å²) in [5.74, 6) is -2.31. The second kappa shape index (κ2) is 16.7. The lowest BCUT2D eigenvalue weighted by Gasteiger charge is -2.39. The van der Waals surface area contributed by atoms with E-state index in [2.05, 4.69) is 20.8 Å². The summed E-state index contributed by atoms with van der Waals surface area (Å²) in [6.45, 7) is 4.87. The second-order valence-corrected chi connectivity index (χ2v) is 8.86. The van der Waals surface area contributed by atoms with E-state index < -0.39 is 42.3 Å². The number of amides is 4. The minimum atomic E-state index is -0.821. The Kier molecular flexibility index (Phi) is 13.4. The number of nitrogens with zero attached hydrogens (tertiary/aromatic N) is 1. The minimum Gasteiger partial charge on any atom is -0.450 e. The van der Waals surface area contributed by atoms with Gasteiger partial charge in [-0.05, 0) is 38.8 Å². The number of hydrogen-bond acceptors (Lipinski definition) is 10. The van der Waals surface area contributed by atoms with Crippen molar-refractivity contribution < 1.29 is 43.2 Å². The fourth-order valence-electron chi connectivity index (χ4n) is 3.97. The van der Waals surface area contributed by atoms with E-state index >= 15 is 0 Å². The van der Waals surface area contributed by atoms with Crippen molar-refractivity contribution in [2.24, 2.45) is 5.92 Å². The Morgan fingerprint density at radius 1 is 1.05 bits per heavy atom. The summed E-state index contributed by atoms with van der Waals surface area (Å²) < 4.78 is 9.67. The third-order valence-electron chi connectivity index (χ3n) is 5.91. The minimum absolute atomic E-state index is 0.0603. The van der Waals surface area contributed by atoms with Gasteiger partial charge < -0.3 is 25.0 Å². The van der Waals surface area contributed by atoms with Crippen molar-refractivity contribution in [2.45, 2.75) is 58.7 Å². The van der Waals surface area contributed by atoms with Crippen LogP contribution in [0.15, 0.2) is 30.3 Å². The van der Waals surface area contributed by atoms with E-state index in [1.165, 1.54) is 11.8 Å². The van der Waals surface area contributed by atoms with Crippen molar-refractivity contribution in [3.8, 4) is 0 Å². The molecule has 1 heterocycles. The molecule has 1 fully saturated rings. The zero-order valence-electron chi connectivity index (χ0n) is 22.9. The molecule has 1 aromatic rings. The maximum absolute atomic E-state index is 13.3. The molecule has 3 atom stereocenters. The van der Waals surface area contributed by atoms with E-state index in [4.69, 9.17) is 19.8 Å². The molecule has 0 radical (unpaired) electrons. The van der Waals surface area contributed by atoms with E-state index in [1.54, 1.807) is 44.2 Å². The second-order valence-electron chi connectivity index (χ2n) is 8.86. The van der Waals surface area contributed by atoms with Crippen LogP contribution in [0.25, 0.3) is 0 Å². The molecule has 220 valence electrons. The molecule has 0 spiro atoms. The number of amidine groups is 1. The molecular formula is C26H37N5O9. The van der Waals surface area contributed by atoms with Crippen molar-refractivity contribution in [1.29, 1.82) is 5.41 Å². The summed E-state index contributed by atoms with van der Waals surface area (Å²) in [5, 5.41) is 16.0. The quantitative estimate of drug-likeness (QED) is 0.128. The Morgan fingerprint density at radius 2 is 1.73 bits per heavy atom. The molecule has 4 N–H and O–H groups in total. The highest BCUT2D eigenvalue weighted by Crippen LogP contribution is 2.22. The molecular weight excluding hydrogens is 526 g/mol. The standard InChI is InChI=1S/C26H37N5O9/c1-4-37-25(35)28-16-19(23(27)30-26(36)38-5-2)11-12-22(33)31-14-13-20(40-39-17(3)32)15-21(31)29-24(34)18-9-7-6-8-10-18/h6-10,19-21H,4-5,11-16H2,1-3H3,(H,28,35)(H,29,34)(H2,27,30,36). The fourth-order valence-corrected chi connectivity index (χ4v) is 3.97. The van der Waals surface area contributed by atoms with Crippen LogP contribution in [-0.4, -0.2) is 79.3 Å². The number of carbonyl (C=O) groups is 5. The van der Waals surface area contributed by atoms with Crippen LogP contribution in [0, 0.1) is 11.3 Å². The predicted molar refractivity (Wildman–Crippen MR) is 141 cm³/mol. The lowest BCUT2D eigenvalue weighted by Crippen LogP contribution is -2.56. The summed E-state index contributed by atoms with van der Waals surface area (Å²) in [6, 6.07) is 8.49. The van der Waals surface area contributed by atoms with Crippen LogP contribution in [0.2, 0.25) is 0 Å². The monoisotopic (exact) mass is 563 g/mol. The zero-order chi connectivity index (χ0) is 29.5. The van der Waals surface area contributed by atoms with Gasteiger partial charge in [-0.2, -0.15) is 4.89 Å². The molecule has 1 aromatic carbocycles. The van der Waals surface area contributed by atoms with Crippen LogP contribution in [0.5, 0.6) is 0 Å².